The monoisotopic (exact) mass is 276 g/mol. The zero-order valence-corrected chi connectivity index (χ0v) is 11.4. The Morgan fingerprint density at radius 3 is 2.63 bits per heavy atom. The normalized spacial score (nSPS) is 10.4. The summed E-state index contributed by atoms with van der Waals surface area (Å²) in [5.74, 6) is 0.0621. The number of benzene rings is 1. The smallest absolute Gasteiger partial charge is 0.220 e. The molecule has 0 aliphatic carbocycles. The van der Waals surface area contributed by atoms with Gasteiger partial charge >= 0.3 is 0 Å². The standard InChI is InChI=1S/C15H17ClN2O/c16-14-7-2-1-6-13(14)12-17-15(19)8-5-11-18-9-3-4-10-18/h1-4,6-7,9-10H,5,8,11-12H2,(H,17,19). The van der Waals surface area contributed by atoms with Crippen LogP contribution in [0.3, 0.4) is 0 Å². The Morgan fingerprint density at radius 1 is 1.16 bits per heavy atom. The molecule has 0 fully saturated rings. The molecule has 0 atom stereocenters. The number of rotatable bonds is 6. The first-order chi connectivity index (χ1) is 9.25. The highest BCUT2D eigenvalue weighted by Gasteiger charge is 2.03. The van der Waals surface area contributed by atoms with E-state index in [-0.39, 0.29) is 5.91 Å². The topological polar surface area (TPSA) is 34.0 Å². The summed E-state index contributed by atoms with van der Waals surface area (Å²) in [4.78, 5) is 11.7. The van der Waals surface area contributed by atoms with Gasteiger partial charge in [-0.15, -0.1) is 0 Å². The molecule has 2 rings (SSSR count). The molecular weight excluding hydrogens is 260 g/mol. The molecule has 3 nitrogen and oxygen atoms in total. The first kappa shape index (κ1) is 13.7. The van der Waals surface area contributed by atoms with E-state index in [1.54, 1.807) is 0 Å². The molecule has 0 radical (unpaired) electrons. The van der Waals surface area contributed by atoms with Crippen molar-refractivity contribution in [3.63, 3.8) is 0 Å². The van der Waals surface area contributed by atoms with Crippen molar-refractivity contribution in [2.45, 2.75) is 25.9 Å². The number of amides is 1. The minimum absolute atomic E-state index is 0.0621. The number of nitrogens with zero attached hydrogens (tertiary/aromatic N) is 1. The summed E-state index contributed by atoms with van der Waals surface area (Å²) in [6, 6.07) is 11.5. The van der Waals surface area contributed by atoms with Crippen LogP contribution in [0.2, 0.25) is 5.02 Å². The summed E-state index contributed by atoms with van der Waals surface area (Å²) in [5.41, 5.74) is 0.947. The van der Waals surface area contributed by atoms with Crippen LogP contribution in [0, 0.1) is 0 Å². The molecule has 4 heteroatoms. The highest BCUT2D eigenvalue weighted by atomic mass is 35.5. The molecule has 0 aliphatic rings. The van der Waals surface area contributed by atoms with Gasteiger partial charge in [0, 0.05) is 36.9 Å². The van der Waals surface area contributed by atoms with E-state index in [1.165, 1.54) is 0 Å². The molecule has 100 valence electrons. The third-order valence-electron chi connectivity index (χ3n) is 2.92. The molecule has 0 spiro atoms. The quantitative estimate of drug-likeness (QED) is 0.863. The van der Waals surface area contributed by atoms with Crippen molar-refractivity contribution in [1.82, 2.24) is 9.88 Å². The van der Waals surface area contributed by atoms with Crippen molar-refractivity contribution in [3.05, 3.63) is 59.4 Å². The van der Waals surface area contributed by atoms with Gasteiger partial charge in [0.2, 0.25) is 5.91 Å². The zero-order valence-electron chi connectivity index (χ0n) is 10.7. The predicted molar refractivity (Wildman–Crippen MR) is 77.0 cm³/mol. The second kappa shape index (κ2) is 7.00. The average molecular weight is 277 g/mol. The predicted octanol–water partition coefficient (Wildman–Crippen LogP) is 3.24. The Labute approximate surface area is 118 Å². The minimum Gasteiger partial charge on any atom is -0.354 e. The van der Waals surface area contributed by atoms with Gasteiger partial charge in [0.05, 0.1) is 0 Å². The molecule has 1 aromatic carbocycles. The van der Waals surface area contributed by atoms with E-state index in [9.17, 15) is 4.79 Å². The Hall–Kier alpha value is -1.74. The number of hydrogen-bond donors (Lipinski definition) is 1. The number of halogens is 1. The summed E-state index contributed by atoms with van der Waals surface area (Å²) < 4.78 is 2.07. The van der Waals surface area contributed by atoms with Crippen LogP contribution in [0.4, 0.5) is 0 Å². The van der Waals surface area contributed by atoms with Gasteiger partial charge in [0.25, 0.3) is 0 Å². The summed E-state index contributed by atoms with van der Waals surface area (Å²) in [7, 11) is 0. The summed E-state index contributed by atoms with van der Waals surface area (Å²) in [6.45, 7) is 1.36. The Balaban J connectivity index is 1.69. The van der Waals surface area contributed by atoms with Crippen molar-refractivity contribution < 1.29 is 4.79 Å². The number of aromatic nitrogens is 1. The number of carbonyl (C=O) groups is 1. The first-order valence-electron chi connectivity index (χ1n) is 6.36. The molecule has 1 N–H and O–H groups in total. The van der Waals surface area contributed by atoms with Gasteiger partial charge in [0.1, 0.15) is 0 Å². The molecule has 0 saturated carbocycles. The number of hydrogen-bond acceptors (Lipinski definition) is 1. The summed E-state index contributed by atoms with van der Waals surface area (Å²) in [6.07, 6.45) is 5.37. The van der Waals surface area contributed by atoms with E-state index >= 15 is 0 Å². The second-order valence-corrected chi connectivity index (χ2v) is 4.80. The Bertz CT molecular complexity index is 523. The third kappa shape index (κ3) is 4.45. The highest BCUT2D eigenvalue weighted by Crippen LogP contribution is 2.14. The number of nitrogens with one attached hydrogen (secondary N) is 1. The molecule has 1 amide bonds. The highest BCUT2D eigenvalue weighted by molar-refractivity contribution is 6.31. The van der Waals surface area contributed by atoms with Crippen LogP contribution in [0.1, 0.15) is 18.4 Å². The maximum absolute atomic E-state index is 11.7. The van der Waals surface area contributed by atoms with Gasteiger partial charge in [-0.2, -0.15) is 0 Å². The van der Waals surface area contributed by atoms with Crippen molar-refractivity contribution in [2.24, 2.45) is 0 Å². The van der Waals surface area contributed by atoms with Gasteiger partial charge in [0.15, 0.2) is 0 Å². The maximum Gasteiger partial charge on any atom is 0.220 e. The Morgan fingerprint density at radius 2 is 1.89 bits per heavy atom. The second-order valence-electron chi connectivity index (χ2n) is 4.39. The lowest BCUT2D eigenvalue weighted by Crippen LogP contribution is -2.22. The van der Waals surface area contributed by atoms with Gasteiger partial charge in [-0.25, -0.2) is 0 Å². The zero-order chi connectivity index (χ0) is 13.5. The summed E-state index contributed by atoms with van der Waals surface area (Å²) >= 11 is 6.02. The van der Waals surface area contributed by atoms with Crippen LogP contribution in [0.5, 0.6) is 0 Å². The first-order valence-corrected chi connectivity index (χ1v) is 6.74. The number of aryl methyl sites for hydroxylation is 1. The van der Waals surface area contributed by atoms with Crippen LogP contribution < -0.4 is 5.32 Å². The van der Waals surface area contributed by atoms with E-state index < -0.39 is 0 Å². The van der Waals surface area contributed by atoms with Gasteiger partial charge < -0.3 is 9.88 Å². The molecule has 0 saturated heterocycles. The number of carbonyl (C=O) groups excluding carboxylic acids is 1. The SMILES string of the molecule is O=C(CCCn1cccc1)NCc1ccccc1Cl. The maximum atomic E-state index is 11.7. The van der Waals surface area contributed by atoms with E-state index in [0.29, 0.717) is 18.0 Å². The van der Waals surface area contributed by atoms with Crippen LogP contribution in [-0.4, -0.2) is 10.5 Å². The fraction of sp³-hybridized carbons (Fsp3) is 0.267. The fourth-order valence-electron chi connectivity index (χ4n) is 1.87. The largest absolute Gasteiger partial charge is 0.354 e. The van der Waals surface area contributed by atoms with Gasteiger partial charge in [-0.05, 0) is 30.2 Å². The minimum atomic E-state index is 0.0621. The van der Waals surface area contributed by atoms with Crippen LogP contribution in [0.15, 0.2) is 48.8 Å². The van der Waals surface area contributed by atoms with E-state index in [1.807, 2.05) is 48.8 Å². The fourth-order valence-corrected chi connectivity index (χ4v) is 2.07. The van der Waals surface area contributed by atoms with Crippen LogP contribution in [-0.2, 0) is 17.9 Å². The third-order valence-corrected chi connectivity index (χ3v) is 3.29. The van der Waals surface area contributed by atoms with Crippen LogP contribution in [0.25, 0.3) is 0 Å². The van der Waals surface area contributed by atoms with Crippen molar-refractivity contribution in [1.29, 1.82) is 0 Å². The molecule has 0 bridgehead atoms. The molecule has 1 aromatic heterocycles. The lowest BCUT2D eigenvalue weighted by molar-refractivity contribution is -0.121. The molecular formula is C15H17ClN2O. The lowest BCUT2D eigenvalue weighted by atomic mass is 10.2. The molecule has 1 heterocycles. The van der Waals surface area contributed by atoms with Crippen LogP contribution >= 0.6 is 11.6 Å². The molecule has 2 aromatic rings. The van der Waals surface area contributed by atoms with E-state index in [2.05, 4.69) is 9.88 Å². The van der Waals surface area contributed by atoms with Gasteiger partial charge in [-0.1, -0.05) is 29.8 Å². The molecule has 0 aliphatic heterocycles. The Kier molecular flexibility index (Phi) is 5.04. The van der Waals surface area contributed by atoms with Crippen molar-refractivity contribution >= 4 is 17.5 Å². The summed E-state index contributed by atoms with van der Waals surface area (Å²) in [5, 5.41) is 3.58. The van der Waals surface area contributed by atoms with Crippen molar-refractivity contribution in [3.8, 4) is 0 Å². The lowest BCUT2D eigenvalue weighted by Gasteiger charge is -2.07. The average Bonchev–Trinajstić information content (AvgIpc) is 2.91. The molecule has 0 unspecified atom stereocenters. The van der Waals surface area contributed by atoms with E-state index in [4.69, 9.17) is 11.6 Å². The van der Waals surface area contributed by atoms with Gasteiger partial charge in [-0.3, -0.25) is 4.79 Å². The molecule has 19 heavy (non-hydrogen) atoms. The van der Waals surface area contributed by atoms with Crippen molar-refractivity contribution in [2.75, 3.05) is 0 Å². The van der Waals surface area contributed by atoms with E-state index in [0.717, 1.165) is 18.5 Å².